The van der Waals surface area contributed by atoms with Crippen molar-refractivity contribution >= 4 is 22.9 Å². The fourth-order valence-corrected chi connectivity index (χ4v) is 3.35. The molecule has 3 N–H and O–H groups in total. The van der Waals surface area contributed by atoms with Crippen molar-refractivity contribution in [3.8, 4) is 0 Å². The molecule has 1 aliphatic heterocycles. The van der Waals surface area contributed by atoms with E-state index in [0.29, 0.717) is 17.9 Å². The fourth-order valence-electron chi connectivity index (χ4n) is 3.35. The Morgan fingerprint density at radius 3 is 2.86 bits per heavy atom. The Hall–Kier alpha value is -1.82. The summed E-state index contributed by atoms with van der Waals surface area (Å²) in [6.07, 6.45) is 6.70. The van der Waals surface area contributed by atoms with Gasteiger partial charge in [-0.3, -0.25) is 0 Å². The highest BCUT2D eigenvalue weighted by molar-refractivity contribution is 5.88. The molecular weight excluding hydrogens is 266 g/mol. The summed E-state index contributed by atoms with van der Waals surface area (Å²) in [5.41, 5.74) is 8.85. The number of nitrogens with two attached hydrogens (primary N) is 1. The number of nitrogens with one attached hydrogen (secondary N) is 1. The lowest BCUT2D eigenvalue weighted by molar-refractivity contribution is 0.417. The summed E-state index contributed by atoms with van der Waals surface area (Å²) < 4.78 is 5.83. The smallest absolute Gasteiger partial charge is 0.222 e. The van der Waals surface area contributed by atoms with Gasteiger partial charge < -0.3 is 20.4 Å². The molecule has 4 rings (SSSR count). The Morgan fingerprint density at radius 1 is 1.33 bits per heavy atom. The van der Waals surface area contributed by atoms with Crippen LogP contribution in [0.3, 0.4) is 0 Å². The van der Waals surface area contributed by atoms with Crippen molar-refractivity contribution in [3.63, 3.8) is 0 Å². The molecule has 1 atom stereocenters. The number of anilines is 2. The molecule has 2 aromatic heterocycles. The molecule has 1 saturated carbocycles. The van der Waals surface area contributed by atoms with Crippen LogP contribution in [0.4, 0.5) is 11.8 Å². The van der Waals surface area contributed by atoms with Crippen molar-refractivity contribution in [3.05, 3.63) is 11.8 Å². The normalized spacial score (nSPS) is 22.9. The molecular formula is C15H21N5O. The largest absolute Gasteiger partial charge is 0.458 e. The van der Waals surface area contributed by atoms with Crippen LogP contribution in [0.5, 0.6) is 0 Å². The first-order chi connectivity index (χ1) is 10.3. The minimum absolute atomic E-state index is 0.340. The third kappa shape index (κ3) is 2.05. The number of likely N-dealkylation sites (N-methyl/N-ethyl adjacent to an activating group) is 1. The molecule has 0 amide bonds. The van der Waals surface area contributed by atoms with Gasteiger partial charge in [0.25, 0.3) is 0 Å². The van der Waals surface area contributed by atoms with E-state index in [9.17, 15) is 0 Å². The number of rotatable bonds is 3. The summed E-state index contributed by atoms with van der Waals surface area (Å²) in [6.45, 7) is 1.90. The Labute approximate surface area is 123 Å². The van der Waals surface area contributed by atoms with Crippen LogP contribution in [0.1, 0.15) is 37.2 Å². The first kappa shape index (κ1) is 12.9. The molecule has 6 nitrogen and oxygen atoms in total. The topological polar surface area (TPSA) is 80.2 Å². The molecule has 1 saturated heterocycles. The van der Waals surface area contributed by atoms with Crippen molar-refractivity contribution < 1.29 is 4.42 Å². The van der Waals surface area contributed by atoms with Gasteiger partial charge in [0.1, 0.15) is 5.52 Å². The summed E-state index contributed by atoms with van der Waals surface area (Å²) in [5.74, 6) is 1.77. The third-order valence-corrected chi connectivity index (χ3v) is 4.88. The monoisotopic (exact) mass is 287 g/mol. The number of nitrogen functional groups attached to an aromatic ring is 1. The van der Waals surface area contributed by atoms with Gasteiger partial charge in [-0.25, -0.2) is 4.98 Å². The minimum Gasteiger partial charge on any atom is -0.458 e. The average Bonchev–Trinajstić information content (AvgIpc) is 3.03. The van der Waals surface area contributed by atoms with Crippen LogP contribution in [0, 0.1) is 0 Å². The Morgan fingerprint density at radius 2 is 2.19 bits per heavy atom. The lowest BCUT2D eigenvalue weighted by Crippen LogP contribution is -2.30. The van der Waals surface area contributed by atoms with Crippen molar-refractivity contribution in [2.24, 2.45) is 0 Å². The SMILES string of the molecule is CN[C@@H]1CCN(c2nc(N)nc3c(C4CCC4)coc23)C1. The second kappa shape index (κ2) is 4.87. The minimum atomic E-state index is 0.340. The van der Waals surface area contributed by atoms with E-state index in [4.69, 9.17) is 10.2 Å². The highest BCUT2D eigenvalue weighted by Crippen LogP contribution is 2.41. The quantitative estimate of drug-likeness (QED) is 0.897. The Balaban J connectivity index is 1.76. The molecule has 3 heterocycles. The second-order valence-electron chi connectivity index (χ2n) is 6.12. The molecule has 2 aliphatic rings. The first-order valence-corrected chi connectivity index (χ1v) is 7.73. The summed E-state index contributed by atoms with van der Waals surface area (Å²) >= 11 is 0. The molecule has 21 heavy (non-hydrogen) atoms. The number of aromatic nitrogens is 2. The van der Waals surface area contributed by atoms with Crippen LogP contribution in [-0.4, -0.2) is 36.1 Å². The molecule has 1 aliphatic carbocycles. The van der Waals surface area contributed by atoms with Gasteiger partial charge in [-0.2, -0.15) is 4.98 Å². The van der Waals surface area contributed by atoms with Gasteiger partial charge in [-0.1, -0.05) is 6.42 Å². The molecule has 0 bridgehead atoms. The predicted molar refractivity (Wildman–Crippen MR) is 82.5 cm³/mol. The van der Waals surface area contributed by atoms with E-state index in [0.717, 1.165) is 36.4 Å². The maximum absolute atomic E-state index is 5.94. The molecule has 6 heteroatoms. The van der Waals surface area contributed by atoms with Crippen LogP contribution in [0.25, 0.3) is 11.1 Å². The molecule has 0 radical (unpaired) electrons. The van der Waals surface area contributed by atoms with Crippen LogP contribution < -0.4 is 16.0 Å². The number of hydrogen-bond donors (Lipinski definition) is 2. The molecule has 0 unspecified atom stereocenters. The van der Waals surface area contributed by atoms with Gasteiger partial charge in [-0.05, 0) is 32.2 Å². The Kier molecular flexibility index (Phi) is 2.99. The van der Waals surface area contributed by atoms with Gasteiger partial charge in [0.15, 0.2) is 11.4 Å². The molecule has 0 spiro atoms. The molecule has 112 valence electrons. The summed E-state index contributed by atoms with van der Waals surface area (Å²) in [6, 6.07) is 0.498. The van der Waals surface area contributed by atoms with Crippen LogP contribution >= 0.6 is 0 Å². The lowest BCUT2D eigenvalue weighted by Gasteiger charge is -2.24. The van der Waals surface area contributed by atoms with E-state index in [1.54, 1.807) is 0 Å². The standard InChI is InChI=1S/C15H21N5O/c1-17-10-5-6-20(7-10)14-13-12(18-15(16)19-14)11(8-21-13)9-3-2-4-9/h8-10,17H,2-7H2,1H3,(H2,16,18,19)/t10-/m1/s1. The summed E-state index contributed by atoms with van der Waals surface area (Å²) in [4.78, 5) is 11.1. The van der Waals surface area contributed by atoms with Crippen LogP contribution in [0.15, 0.2) is 10.7 Å². The molecule has 2 fully saturated rings. The van der Waals surface area contributed by atoms with Crippen molar-refractivity contribution in [1.29, 1.82) is 0 Å². The van der Waals surface area contributed by atoms with E-state index in [2.05, 4.69) is 20.2 Å². The fraction of sp³-hybridized carbons (Fsp3) is 0.600. The van der Waals surface area contributed by atoms with Crippen molar-refractivity contribution in [2.45, 2.75) is 37.6 Å². The van der Waals surface area contributed by atoms with Gasteiger partial charge in [0.05, 0.1) is 6.26 Å². The molecule has 2 aromatic rings. The van der Waals surface area contributed by atoms with E-state index in [-0.39, 0.29) is 0 Å². The van der Waals surface area contributed by atoms with E-state index >= 15 is 0 Å². The lowest BCUT2D eigenvalue weighted by atomic mass is 9.81. The number of hydrogen-bond acceptors (Lipinski definition) is 6. The number of fused-ring (bicyclic) bond motifs is 1. The van der Waals surface area contributed by atoms with E-state index in [1.165, 1.54) is 24.8 Å². The van der Waals surface area contributed by atoms with E-state index < -0.39 is 0 Å². The highest BCUT2D eigenvalue weighted by atomic mass is 16.3. The summed E-state index contributed by atoms with van der Waals surface area (Å²) in [7, 11) is 2.00. The number of furan rings is 1. The van der Waals surface area contributed by atoms with Crippen LogP contribution in [-0.2, 0) is 0 Å². The van der Waals surface area contributed by atoms with Gasteiger partial charge in [-0.15, -0.1) is 0 Å². The van der Waals surface area contributed by atoms with Crippen LogP contribution in [0.2, 0.25) is 0 Å². The first-order valence-electron chi connectivity index (χ1n) is 7.73. The predicted octanol–water partition coefficient (Wildman–Crippen LogP) is 1.87. The number of nitrogens with zero attached hydrogens (tertiary/aromatic N) is 3. The second-order valence-corrected chi connectivity index (χ2v) is 6.12. The van der Waals surface area contributed by atoms with Gasteiger partial charge in [0.2, 0.25) is 5.95 Å². The average molecular weight is 287 g/mol. The highest BCUT2D eigenvalue weighted by Gasteiger charge is 2.29. The maximum Gasteiger partial charge on any atom is 0.222 e. The zero-order chi connectivity index (χ0) is 14.4. The van der Waals surface area contributed by atoms with Crippen molar-refractivity contribution in [1.82, 2.24) is 15.3 Å². The zero-order valence-corrected chi connectivity index (χ0v) is 12.3. The zero-order valence-electron chi connectivity index (χ0n) is 12.3. The Bertz CT molecular complexity index is 663. The van der Waals surface area contributed by atoms with Gasteiger partial charge >= 0.3 is 0 Å². The summed E-state index contributed by atoms with van der Waals surface area (Å²) in [5, 5.41) is 3.32. The van der Waals surface area contributed by atoms with Gasteiger partial charge in [0, 0.05) is 24.7 Å². The third-order valence-electron chi connectivity index (χ3n) is 4.88. The van der Waals surface area contributed by atoms with Crippen molar-refractivity contribution in [2.75, 3.05) is 30.8 Å². The molecule has 0 aromatic carbocycles. The van der Waals surface area contributed by atoms with E-state index in [1.807, 2.05) is 13.3 Å². The maximum atomic E-state index is 5.94.